The van der Waals surface area contributed by atoms with E-state index in [0.717, 1.165) is 30.2 Å². The van der Waals surface area contributed by atoms with Gasteiger partial charge in [-0.25, -0.2) is 4.39 Å². The second kappa shape index (κ2) is 5.04. The van der Waals surface area contributed by atoms with Gasteiger partial charge in [0.05, 0.1) is 6.10 Å². The molecule has 1 unspecified atom stereocenters. The summed E-state index contributed by atoms with van der Waals surface area (Å²) in [5.41, 5.74) is 5.81. The lowest BCUT2D eigenvalue weighted by atomic mass is 9.77. The molecular formula is C13H17BrFNO. The summed E-state index contributed by atoms with van der Waals surface area (Å²) in [7, 11) is 0. The van der Waals surface area contributed by atoms with Crippen LogP contribution in [0.1, 0.15) is 37.4 Å². The van der Waals surface area contributed by atoms with Gasteiger partial charge in [0.15, 0.2) is 0 Å². The van der Waals surface area contributed by atoms with Crippen LogP contribution in [0, 0.1) is 11.2 Å². The van der Waals surface area contributed by atoms with Gasteiger partial charge in [-0.3, -0.25) is 0 Å². The molecule has 2 rings (SSSR count). The van der Waals surface area contributed by atoms with Crippen LogP contribution in [0.15, 0.2) is 22.7 Å². The fraction of sp³-hybridized carbons (Fsp3) is 0.538. The molecule has 3 N–H and O–H groups in total. The Bertz CT molecular complexity index is 404. The summed E-state index contributed by atoms with van der Waals surface area (Å²) in [6.45, 7) is 0.403. The van der Waals surface area contributed by atoms with Crippen LogP contribution in [0.3, 0.4) is 0 Å². The van der Waals surface area contributed by atoms with Crippen LogP contribution in [0.25, 0.3) is 0 Å². The maximum absolute atomic E-state index is 13.8. The van der Waals surface area contributed by atoms with Crippen molar-refractivity contribution in [1.29, 1.82) is 0 Å². The third-order valence-electron chi connectivity index (χ3n) is 3.84. The standard InChI is InChI=1S/C13H17BrFNO/c14-9-3-4-11(15)10(7-9)12(17)13(8-16)5-1-2-6-13/h3-4,7,12,17H,1-2,5-6,8,16H2. The molecule has 0 heterocycles. The highest BCUT2D eigenvalue weighted by Crippen LogP contribution is 2.47. The van der Waals surface area contributed by atoms with Gasteiger partial charge in [0.2, 0.25) is 0 Å². The predicted molar refractivity (Wildman–Crippen MR) is 69.0 cm³/mol. The summed E-state index contributed by atoms with van der Waals surface area (Å²) < 4.78 is 14.5. The van der Waals surface area contributed by atoms with Crippen molar-refractivity contribution < 1.29 is 9.50 Å². The first kappa shape index (κ1) is 13.0. The highest BCUT2D eigenvalue weighted by Gasteiger charge is 2.41. The smallest absolute Gasteiger partial charge is 0.129 e. The van der Waals surface area contributed by atoms with Crippen molar-refractivity contribution >= 4 is 15.9 Å². The Morgan fingerprint density at radius 1 is 1.41 bits per heavy atom. The minimum Gasteiger partial charge on any atom is -0.388 e. The second-order valence-corrected chi connectivity index (χ2v) is 5.76. The minimum absolute atomic E-state index is 0.346. The number of hydrogen-bond donors (Lipinski definition) is 2. The highest BCUT2D eigenvalue weighted by atomic mass is 79.9. The van der Waals surface area contributed by atoms with E-state index in [4.69, 9.17) is 5.73 Å². The molecule has 0 aliphatic heterocycles. The van der Waals surface area contributed by atoms with E-state index in [1.165, 1.54) is 6.07 Å². The average Bonchev–Trinajstić information content (AvgIpc) is 2.81. The number of aliphatic hydroxyl groups excluding tert-OH is 1. The van der Waals surface area contributed by atoms with E-state index in [9.17, 15) is 9.50 Å². The fourth-order valence-electron chi connectivity index (χ4n) is 2.72. The zero-order valence-electron chi connectivity index (χ0n) is 9.63. The summed E-state index contributed by atoms with van der Waals surface area (Å²) in [4.78, 5) is 0. The molecule has 1 aliphatic rings. The molecule has 0 aromatic heterocycles. The van der Waals surface area contributed by atoms with E-state index < -0.39 is 6.10 Å². The third kappa shape index (κ3) is 2.39. The topological polar surface area (TPSA) is 46.2 Å². The third-order valence-corrected chi connectivity index (χ3v) is 4.33. The maximum Gasteiger partial charge on any atom is 0.129 e. The van der Waals surface area contributed by atoms with E-state index in [0.29, 0.717) is 12.1 Å². The van der Waals surface area contributed by atoms with Crippen molar-refractivity contribution in [2.24, 2.45) is 11.1 Å². The molecule has 1 aliphatic carbocycles. The average molecular weight is 302 g/mol. The number of hydrogen-bond acceptors (Lipinski definition) is 2. The van der Waals surface area contributed by atoms with Crippen molar-refractivity contribution in [3.05, 3.63) is 34.1 Å². The monoisotopic (exact) mass is 301 g/mol. The van der Waals surface area contributed by atoms with Crippen LogP contribution in [0.2, 0.25) is 0 Å². The molecule has 0 spiro atoms. The van der Waals surface area contributed by atoms with E-state index >= 15 is 0 Å². The molecule has 1 atom stereocenters. The summed E-state index contributed by atoms with van der Waals surface area (Å²) in [6, 6.07) is 4.66. The first-order valence-corrected chi connectivity index (χ1v) is 6.71. The fourth-order valence-corrected chi connectivity index (χ4v) is 3.10. The summed E-state index contributed by atoms with van der Waals surface area (Å²) in [5, 5.41) is 10.4. The number of rotatable bonds is 3. The van der Waals surface area contributed by atoms with Crippen LogP contribution in [0.5, 0.6) is 0 Å². The van der Waals surface area contributed by atoms with Crippen LogP contribution in [-0.2, 0) is 0 Å². The molecular weight excluding hydrogens is 285 g/mol. The van der Waals surface area contributed by atoms with Crippen molar-refractivity contribution in [2.75, 3.05) is 6.54 Å². The zero-order valence-corrected chi connectivity index (χ0v) is 11.2. The maximum atomic E-state index is 13.8. The molecule has 1 aromatic carbocycles. The van der Waals surface area contributed by atoms with Gasteiger partial charge in [-0.15, -0.1) is 0 Å². The van der Waals surface area contributed by atoms with Gasteiger partial charge in [-0.1, -0.05) is 28.8 Å². The summed E-state index contributed by atoms with van der Waals surface area (Å²) >= 11 is 3.30. The predicted octanol–water partition coefficient (Wildman–Crippen LogP) is 3.14. The highest BCUT2D eigenvalue weighted by molar-refractivity contribution is 9.10. The van der Waals surface area contributed by atoms with E-state index in [2.05, 4.69) is 15.9 Å². The summed E-state index contributed by atoms with van der Waals surface area (Å²) in [5.74, 6) is -0.361. The summed E-state index contributed by atoms with van der Waals surface area (Å²) in [6.07, 6.45) is 3.05. The van der Waals surface area contributed by atoms with Gasteiger partial charge in [0, 0.05) is 22.0 Å². The molecule has 1 saturated carbocycles. The van der Waals surface area contributed by atoms with Gasteiger partial charge in [-0.2, -0.15) is 0 Å². The minimum atomic E-state index is -0.813. The molecule has 1 fully saturated rings. The van der Waals surface area contributed by atoms with Gasteiger partial charge < -0.3 is 10.8 Å². The molecule has 4 heteroatoms. The SMILES string of the molecule is NCC1(C(O)c2cc(Br)ccc2F)CCCC1. The largest absolute Gasteiger partial charge is 0.388 e. The lowest BCUT2D eigenvalue weighted by molar-refractivity contribution is 0.0305. The van der Waals surface area contributed by atoms with E-state index in [-0.39, 0.29) is 11.2 Å². The lowest BCUT2D eigenvalue weighted by Gasteiger charge is -2.33. The number of benzene rings is 1. The number of halogens is 2. The molecule has 0 amide bonds. The molecule has 17 heavy (non-hydrogen) atoms. The van der Waals surface area contributed by atoms with Crippen LogP contribution < -0.4 is 5.73 Å². The molecule has 0 saturated heterocycles. The molecule has 0 bridgehead atoms. The zero-order chi connectivity index (χ0) is 12.5. The van der Waals surface area contributed by atoms with Crippen molar-refractivity contribution in [3.63, 3.8) is 0 Å². The molecule has 2 nitrogen and oxygen atoms in total. The molecule has 94 valence electrons. The molecule has 0 radical (unpaired) electrons. The quantitative estimate of drug-likeness (QED) is 0.901. The number of aliphatic hydroxyl groups is 1. The van der Waals surface area contributed by atoms with Gasteiger partial charge in [0.1, 0.15) is 5.82 Å². The van der Waals surface area contributed by atoms with Crippen molar-refractivity contribution in [2.45, 2.75) is 31.8 Å². The van der Waals surface area contributed by atoms with Crippen molar-refractivity contribution in [1.82, 2.24) is 0 Å². The van der Waals surface area contributed by atoms with Crippen LogP contribution in [0.4, 0.5) is 4.39 Å². The Balaban J connectivity index is 2.35. The Labute approximate surface area is 109 Å². The number of nitrogens with two attached hydrogens (primary N) is 1. The Kier molecular flexibility index (Phi) is 3.85. The second-order valence-electron chi connectivity index (χ2n) is 4.84. The first-order valence-electron chi connectivity index (χ1n) is 5.92. The van der Waals surface area contributed by atoms with Crippen molar-refractivity contribution in [3.8, 4) is 0 Å². The van der Waals surface area contributed by atoms with Crippen LogP contribution in [-0.4, -0.2) is 11.7 Å². The first-order chi connectivity index (χ1) is 8.09. The van der Waals surface area contributed by atoms with E-state index in [1.807, 2.05) is 0 Å². The van der Waals surface area contributed by atoms with Crippen LogP contribution >= 0.6 is 15.9 Å². The Hall–Kier alpha value is -0.450. The molecule has 1 aromatic rings. The normalized spacial score (nSPS) is 20.5. The Morgan fingerprint density at radius 2 is 2.06 bits per heavy atom. The van der Waals surface area contributed by atoms with E-state index in [1.54, 1.807) is 12.1 Å². The Morgan fingerprint density at radius 3 is 2.65 bits per heavy atom. The van der Waals surface area contributed by atoms with Gasteiger partial charge in [0.25, 0.3) is 0 Å². The van der Waals surface area contributed by atoms with Gasteiger partial charge in [-0.05, 0) is 31.0 Å². The van der Waals surface area contributed by atoms with Gasteiger partial charge >= 0.3 is 0 Å². The lowest BCUT2D eigenvalue weighted by Crippen LogP contribution is -2.34.